The summed E-state index contributed by atoms with van der Waals surface area (Å²) >= 11 is 0. The van der Waals surface area contributed by atoms with Gasteiger partial charge in [-0.3, -0.25) is 4.79 Å². The van der Waals surface area contributed by atoms with Crippen molar-refractivity contribution in [3.8, 4) is 0 Å². The second-order valence-electron chi connectivity index (χ2n) is 4.54. The van der Waals surface area contributed by atoms with Crippen LogP contribution in [0, 0.1) is 0 Å². The number of epoxide rings is 1. The van der Waals surface area contributed by atoms with Crippen molar-refractivity contribution < 1.29 is 9.53 Å². The van der Waals surface area contributed by atoms with E-state index in [9.17, 15) is 4.79 Å². The Balaban J connectivity index is 1.77. The predicted octanol–water partition coefficient (Wildman–Crippen LogP) is 2.12. The standard InChI is InChI=1S/C13H14O2/c14-11-7-4-8-13(12(11)15-13)9-10-5-2-1-3-6-10/h1-3,5-6,12H,4,7-9H2/t12?,13-/m1/s1. The molecule has 0 bridgehead atoms. The minimum Gasteiger partial charge on any atom is -0.357 e. The smallest absolute Gasteiger partial charge is 0.164 e. The van der Waals surface area contributed by atoms with Crippen molar-refractivity contribution in [3.05, 3.63) is 35.9 Å². The first kappa shape index (κ1) is 9.10. The van der Waals surface area contributed by atoms with Crippen molar-refractivity contribution in [2.45, 2.75) is 37.4 Å². The second-order valence-corrected chi connectivity index (χ2v) is 4.54. The molecule has 2 nitrogen and oxygen atoms in total. The summed E-state index contributed by atoms with van der Waals surface area (Å²) in [4.78, 5) is 11.5. The lowest BCUT2D eigenvalue weighted by molar-refractivity contribution is -0.120. The van der Waals surface area contributed by atoms with E-state index in [1.807, 2.05) is 18.2 Å². The van der Waals surface area contributed by atoms with E-state index < -0.39 is 0 Å². The number of carbonyl (C=O) groups excluding carboxylic acids is 1. The second kappa shape index (κ2) is 3.17. The molecule has 1 aliphatic carbocycles. The zero-order valence-electron chi connectivity index (χ0n) is 8.61. The van der Waals surface area contributed by atoms with Crippen LogP contribution in [0.4, 0.5) is 0 Å². The summed E-state index contributed by atoms with van der Waals surface area (Å²) in [5.41, 5.74) is 1.14. The fraction of sp³-hybridized carbons (Fsp3) is 0.462. The molecule has 1 unspecified atom stereocenters. The van der Waals surface area contributed by atoms with Crippen LogP contribution in [0.5, 0.6) is 0 Å². The number of ketones is 1. The Morgan fingerprint density at radius 1 is 1.33 bits per heavy atom. The first-order valence-corrected chi connectivity index (χ1v) is 5.55. The predicted molar refractivity (Wildman–Crippen MR) is 56.6 cm³/mol. The van der Waals surface area contributed by atoms with Crippen LogP contribution in [0.2, 0.25) is 0 Å². The summed E-state index contributed by atoms with van der Waals surface area (Å²) in [5, 5.41) is 0. The van der Waals surface area contributed by atoms with Crippen LogP contribution in [0.25, 0.3) is 0 Å². The van der Waals surface area contributed by atoms with Gasteiger partial charge in [0, 0.05) is 12.8 Å². The maximum Gasteiger partial charge on any atom is 0.164 e. The van der Waals surface area contributed by atoms with Crippen LogP contribution in [-0.2, 0) is 16.0 Å². The highest BCUT2D eigenvalue weighted by Crippen LogP contribution is 2.48. The molecule has 0 amide bonds. The molecule has 78 valence electrons. The Labute approximate surface area is 89.2 Å². The maximum atomic E-state index is 11.5. The van der Waals surface area contributed by atoms with E-state index in [-0.39, 0.29) is 11.7 Å². The zero-order valence-corrected chi connectivity index (χ0v) is 8.61. The molecule has 1 saturated heterocycles. The normalized spacial score (nSPS) is 33.6. The molecule has 1 aliphatic heterocycles. The quantitative estimate of drug-likeness (QED) is 0.687. The van der Waals surface area contributed by atoms with Crippen molar-refractivity contribution >= 4 is 5.78 Å². The molecule has 1 saturated carbocycles. The number of carbonyl (C=O) groups is 1. The van der Waals surface area contributed by atoms with Crippen molar-refractivity contribution in [2.75, 3.05) is 0 Å². The molecular formula is C13H14O2. The van der Waals surface area contributed by atoms with Gasteiger partial charge >= 0.3 is 0 Å². The molecule has 2 atom stereocenters. The molecule has 2 heteroatoms. The third-order valence-electron chi connectivity index (χ3n) is 3.43. The van der Waals surface area contributed by atoms with Crippen LogP contribution < -0.4 is 0 Å². The van der Waals surface area contributed by atoms with Gasteiger partial charge in [0.15, 0.2) is 5.78 Å². The number of fused-ring (bicyclic) bond motifs is 1. The number of Topliss-reactive ketones (excluding diaryl/α,β-unsaturated/α-hetero) is 1. The number of ether oxygens (including phenoxy) is 1. The topological polar surface area (TPSA) is 29.6 Å². The average molecular weight is 202 g/mol. The van der Waals surface area contributed by atoms with Crippen LogP contribution in [0.1, 0.15) is 24.8 Å². The molecule has 1 heterocycles. The first-order valence-electron chi connectivity index (χ1n) is 5.55. The summed E-state index contributed by atoms with van der Waals surface area (Å²) in [6.07, 6.45) is 3.54. The van der Waals surface area contributed by atoms with Crippen molar-refractivity contribution in [3.63, 3.8) is 0 Å². The van der Waals surface area contributed by atoms with Gasteiger partial charge in [0.2, 0.25) is 0 Å². The van der Waals surface area contributed by atoms with Gasteiger partial charge in [-0.15, -0.1) is 0 Å². The van der Waals surface area contributed by atoms with Crippen LogP contribution in [-0.4, -0.2) is 17.5 Å². The van der Waals surface area contributed by atoms with Gasteiger partial charge in [-0.2, -0.15) is 0 Å². The number of benzene rings is 1. The minimum absolute atomic E-state index is 0.0912. The van der Waals surface area contributed by atoms with Gasteiger partial charge in [-0.05, 0) is 18.4 Å². The van der Waals surface area contributed by atoms with Gasteiger partial charge in [0.1, 0.15) is 11.7 Å². The Kier molecular flexibility index (Phi) is 1.93. The SMILES string of the molecule is O=C1CCC[C@]2(Cc3ccccc3)OC12. The van der Waals surface area contributed by atoms with E-state index >= 15 is 0 Å². The third kappa shape index (κ3) is 1.49. The van der Waals surface area contributed by atoms with E-state index in [0.29, 0.717) is 12.2 Å². The summed E-state index contributed by atoms with van der Waals surface area (Å²) in [6, 6.07) is 10.3. The van der Waals surface area contributed by atoms with Crippen LogP contribution >= 0.6 is 0 Å². The van der Waals surface area contributed by atoms with E-state index in [2.05, 4.69) is 12.1 Å². The fourth-order valence-corrected chi connectivity index (χ4v) is 2.61. The average Bonchev–Trinajstić information content (AvgIpc) is 2.95. The van der Waals surface area contributed by atoms with Gasteiger partial charge in [0.05, 0.1) is 0 Å². The third-order valence-corrected chi connectivity index (χ3v) is 3.43. The van der Waals surface area contributed by atoms with Gasteiger partial charge < -0.3 is 4.74 Å². The van der Waals surface area contributed by atoms with Crippen molar-refractivity contribution in [2.24, 2.45) is 0 Å². The summed E-state index contributed by atoms with van der Waals surface area (Å²) < 4.78 is 5.63. The molecule has 2 fully saturated rings. The minimum atomic E-state index is -0.128. The lowest BCUT2D eigenvalue weighted by atomic mass is 9.84. The van der Waals surface area contributed by atoms with Crippen LogP contribution in [0.3, 0.4) is 0 Å². The highest BCUT2D eigenvalue weighted by Gasteiger charge is 2.61. The molecular weight excluding hydrogens is 188 g/mol. The Bertz CT molecular complexity index is 385. The van der Waals surface area contributed by atoms with Crippen LogP contribution in [0.15, 0.2) is 30.3 Å². The fourth-order valence-electron chi connectivity index (χ4n) is 2.61. The van der Waals surface area contributed by atoms with Crippen molar-refractivity contribution in [1.82, 2.24) is 0 Å². The Hall–Kier alpha value is -1.15. The summed E-state index contributed by atoms with van der Waals surface area (Å²) in [5.74, 6) is 0.303. The summed E-state index contributed by atoms with van der Waals surface area (Å²) in [7, 11) is 0. The Morgan fingerprint density at radius 2 is 2.13 bits per heavy atom. The molecule has 1 aromatic carbocycles. The molecule has 2 aliphatic rings. The van der Waals surface area contributed by atoms with Gasteiger partial charge in [-0.1, -0.05) is 30.3 Å². The largest absolute Gasteiger partial charge is 0.357 e. The van der Waals surface area contributed by atoms with Crippen molar-refractivity contribution in [1.29, 1.82) is 0 Å². The lowest BCUT2D eigenvalue weighted by Gasteiger charge is -2.16. The van der Waals surface area contributed by atoms with E-state index in [1.165, 1.54) is 5.56 Å². The lowest BCUT2D eigenvalue weighted by Crippen LogP contribution is -2.28. The molecule has 0 radical (unpaired) electrons. The maximum absolute atomic E-state index is 11.5. The number of hydrogen-bond donors (Lipinski definition) is 0. The molecule has 15 heavy (non-hydrogen) atoms. The van der Waals surface area contributed by atoms with E-state index in [1.54, 1.807) is 0 Å². The number of hydrogen-bond acceptors (Lipinski definition) is 2. The van der Waals surface area contributed by atoms with Gasteiger partial charge in [-0.25, -0.2) is 0 Å². The molecule has 3 rings (SSSR count). The van der Waals surface area contributed by atoms with Gasteiger partial charge in [0.25, 0.3) is 0 Å². The highest BCUT2D eigenvalue weighted by molar-refractivity contribution is 5.88. The summed E-state index contributed by atoms with van der Waals surface area (Å²) in [6.45, 7) is 0. The number of rotatable bonds is 2. The monoisotopic (exact) mass is 202 g/mol. The van der Waals surface area contributed by atoms with E-state index in [0.717, 1.165) is 19.3 Å². The zero-order chi connectivity index (χ0) is 10.3. The molecule has 0 aromatic heterocycles. The molecule has 0 N–H and O–H groups in total. The van der Waals surface area contributed by atoms with E-state index in [4.69, 9.17) is 4.74 Å². The highest BCUT2D eigenvalue weighted by atomic mass is 16.6. The molecule has 1 aromatic rings. The first-order chi connectivity index (χ1) is 7.30. The Morgan fingerprint density at radius 3 is 2.93 bits per heavy atom. The molecule has 0 spiro atoms.